The number of hydrogen-bond donors (Lipinski definition) is 1. The van der Waals surface area contributed by atoms with Gasteiger partial charge in [0.2, 0.25) is 5.91 Å². The van der Waals surface area contributed by atoms with E-state index in [-0.39, 0.29) is 17.9 Å². The Hall–Kier alpha value is -3.16. The molecule has 29 heavy (non-hydrogen) atoms. The molecule has 2 aromatic heterocycles. The van der Waals surface area contributed by atoms with Crippen LogP contribution < -0.4 is 5.32 Å². The lowest BCUT2D eigenvalue weighted by molar-refractivity contribution is -0.137. The number of nitrogens with one attached hydrogen (secondary N) is 1. The zero-order chi connectivity index (χ0) is 21.2. The highest BCUT2D eigenvalue weighted by Gasteiger charge is 2.30. The van der Waals surface area contributed by atoms with Crippen LogP contribution in [0.3, 0.4) is 0 Å². The number of aromatic nitrogens is 3. The molecular weight excluding hydrogens is 381 g/mol. The number of carbonyl (C=O) groups is 1. The van der Waals surface area contributed by atoms with Crippen LogP contribution in [0.4, 0.5) is 13.2 Å². The average molecular weight is 402 g/mol. The van der Waals surface area contributed by atoms with Gasteiger partial charge in [-0.3, -0.25) is 9.20 Å². The number of fused-ring (bicyclic) bond motifs is 1. The third-order valence-electron chi connectivity index (χ3n) is 4.60. The Morgan fingerprint density at radius 1 is 1.10 bits per heavy atom. The van der Waals surface area contributed by atoms with E-state index < -0.39 is 11.7 Å². The Balaban J connectivity index is 1.80. The molecule has 0 fully saturated rings. The highest BCUT2D eigenvalue weighted by Crippen LogP contribution is 2.30. The summed E-state index contributed by atoms with van der Waals surface area (Å²) in [5, 5.41) is 11.3. The van der Waals surface area contributed by atoms with Crippen molar-refractivity contribution in [2.75, 3.05) is 0 Å². The SMILES string of the molecule is CC(=CC(=O)NC(c1nnc2ccccn12)C(C)C)c1ccc(C(F)(F)F)cc1. The second-order valence-electron chi connectivity index (χ2n) is 7.12. The van der Waals surface area contributed by atoms with Gasteiger partial charge in [0.05, 0.1) is 11.6 Å². The van der Waals surface area contributed by atoms with Crippen molar-refractivity contribution < 1.29 is 18.0 Å². The van der Waals surface area contributed by atoms with Gasteiger partial charge in [0, 0.05) is 12.3 Å². The summed E-state index contributed by atoms with van der Waals surface area (Å²) in [6.45, 7) is 5.60. The topological polar surface area (TPSA) is 59.3 Å². The van der Waals surface area contributed by atoms with Gasteiger partial charge < -0.3 is 5.32 Å². The third kappa shape index (κ3) is 4.64. The predicted octanol–water partition coefficient (Wildman–Crippen LogP) is 4.66. The van der Waals surface area contributed by atoms with Crippen LogP contribution in [0.2, 0.25) is 0 Å². The van der Waals surface area contributed by atoms with Gasteiger partial charge in [-0.1, -0.05) is 32.0 Å². The van der Waals surface area contributed by atoms with E-state index in [2.05, 4.69) is 15.5 Å². The Kier molecular flexibility index (Phi) is 5.72. The molecule has 3 rings (SSSR count). The van der Waals surface area contributed by atoms with Gasteiger partial charge in [-0.25, -0.2) is 0 Å². The molecule has 0 aliphatic heterocycles. The summed E-state index contributed by atoms with van der Waals surface area (Å²) in [6, 6.07) is 9.87. The maximum Gasteiger partial charge on any atom is 0.416 e. The van der Waals surface area contributed by atoms with Crippen molar-refractivity contribution in [1.29, 1.82) is 0 Å². The zero-order valence-corrected chi connectivity index (χ0v) is 16.2. The molecule has 2 heterocycles. The van der Waals surface area contributed by atoms with Crippen LogP contribution in [0.5, 0.6) is 0 Å². The lowest BCUT2D eigenvalue weighted by atomic mass is 10.0. The Bertz CT molecular complexity index is 1040. The van der Waals surface area contributed by atoms with E-state index >= 15 is 0 Å². The van der Waals surface area contributed by atoms with Gasteiger partial charge in [0.25, 0.3) is 0 Å². The first kappa shape index (κ1) is 20.6. The van der Waals surface area contributed by atoms with Gasteiger partial charge in [-0.2, -0.15) is 13.2 Å². The van der Waals surface area contributed by atoms with E-state index in [0.717, 1.165) is 12.1 Å². The minimum absolute atomic E-state index is 0.0475. The molecule has 1 unspecified atom stereocenters. The molecule has 1 aromatic carbocycles. The Morgan fingerprint density at radius 2 is 1.79 bits per heavy atom. The van der Waals surface area contributed by atoms with Crippen LogP contribution in [0, 0.1) is 5.92 Å². The molecule has 1 atom stereocenters. The average Bonchev–Trinajstić information content (AvgIpc) is 3.09. The summed E-state index contributed by atoms with van der Waals surface area (Å²) in [6.07, 6.45) is -1.18. The first-order valence-electron chi connectivity index (χ1n) is 9.13. The molecule has 0 radical (unpaired) electrons. The van der Waals surface area contributed by atoms with Crippen molar-refractivity contribution in [3.8, 4) is 0 Å². The zero-order valence-electron chi connectivity index (χ0n) is 16.2. The molecule has 1 N–H and O–H groups in total. The molecule has 0 aliphatic rings. The molecular formula is C21H21F3N4O. The summed E-state index contributed by atoms with van der Waals surface area (Å²) in [7, 11) is 0. The second-order valence-corrected chi connectivity index (χ2v) is 7.12. The number of benzene rings is 1. The number of allylic oxidation sites excluding steroid dienone is 1. The normalized spacial score (nSPS) is 13.7. The van der Waals surface area contributed by atoms with Crippen molar-refractivity contribution in [3.05, 3.63) is 71.7 Å². The fourth-order valence-corrected chi connectivity index (χ4v) is 3.00. The second kappa shape index (κ2) is 8.06. The highest BCUT2D eigenvalue weighted by molar-refractivity contribution is 5.95. The number of carbonyl (C=O) groups excluding carboxylic acids is 1. The first-order chi connectivity index (χ1) is 13.7. The summed E-state index contributed by atoms with van der Waals surface area (Å²) in [5.41, 5.74) is 1.06. The summed E-state index contributed by atoms with van der Waals surface area (Å²) < 4.78 is 39.9. The van der Waals surface area contributed by atoms with E-state index in [0.29, 0.717) is 22.6 Å². The maximum absolute atomic E-state index is 12.7. The molecule has 152 valence electrons. The van der Waals surface area contributed by atoms with Crippen LogP contribution in [0.1, 0.15) is 43.8 Å². The van der Waals surface area contributed by atoms with Gasteiger partial charge in [-0.05, 0) is 48.2 Å². The van der Waals surface area contributed by atoms with Crippen molar-refractivity contribution in [2.45, 2.75) is 33.0 Å². The van der Waals surface area contributed by atoms with Gasteiger partial charge >= 0.3 is 6.18 Å². The van der Waals surface area contributed by atoms with Crippen molar-refractivity contribution in [2.24, 2.45) is 5.92 Å². The molecule has 0 saturated carbocycles. The molecule has 0 saturated heterocycles. The highest BCUT2D eigenvalue weighted by atomic mass is 19.4. The number of rotatable bonds is 5. The van der Waals surface area contributed by atoms with Crippen LogP contribution in [-0.4, -0.2) is 20.5 Å². The van der Waals surface area contributed by atoms with Gasteiger partial charge in [0.1, 0.15) is 0 Å². The molecule has 0 spiro atoms. The summed E-state index contributed by atoms with van der Waals surface area (Å²) in [4.78, 5) is 12.6. The Labute approximate surface area is 166 Å². The Morgan fingerprint density at radius 3 is 2.41 bits per heavy atom. The van der Waals surface area contributed by atoms with E-state index in [1.165, 1.54) is 18.2 Å². The van der Waals surface area contributed by atoms with Crippen LogP contribution in [-0.2, 0) is 11.0 Å². The fraction of sp³-hybridized carbons (Fsp3) is 0.286. The third-order valence-corrected chi connectivity index (χ3v) is 4.60. The number of nitrogens with zero attached hydrogens (tertiary/aromatic N) is 3. The van der Waals surface area contributed by atoms with E-state index in [1.54, 1.807) is 6.92 Å². The smallest absolute Gasteiger partial charge is 0.342 e. The minimum atomic E-state index is -4.39. The monoisotopic (exact) mass is 402 g/mol. The molecule has 8 heteroatoms. The predicted molar refractivity (Wildman–Crippen MR) is 104 cm³/mol. The largest absolute Gasteiger partial charge is 0.416 e. The number of hydrogen-bond acceptors (Lipinski definition) is 3. The minimum Gasteiger partial charge on any atom is -0.342 e. The van der Waals surface area contributed by atoms with Crippen LogP contribution in [0.25, 0.3) is 11.2 Å². The van der Waals surface area contributed by atoms with Crippen molar-refractivity contribution in [3.63, 3.8) is 0 Å². The van der Waals surface area contributed by atoms with E-state index in [4.69, 9.17) is 0 Å². The van der Waals surface area contributed by atoms with Gasteiger partial charge in [-0.15, -0.1) is 10.2 Å². The summed E-state index contributed by atoms with van der Waals surface area (Å²) >= 11 is 0. The first-order valence-corrected chi connectivity index (χ1v) is 9.13. The van der Waals surface area contributed by atoms with Crippen LogP contribution in [0.15, 0.2) is 54.7 Å². The lowest BCUT2D eigenvalue weighted by Gasteiger charge is -2.20. The number of pyridine rings is 1. The van der Waals surface area contributed by atoms with Crippen molar-refractivity contribution >= 4 is 17.1 Å². The van der Waals surface area contributed by atoms with Crippen LogP contribution >= 0.6 is 0 Å². The standard InChI is InChI=1S/C21H21F3N4O/c1-13(2)19(20-27-26-17-6-4-5-11-28(17)20)25-18(29)12-14(3)15-7-9-16(10-8-15)21(22,23)24/h4-13,19H,1-3H3,(H,25,29). The lowest BCUT2D eigenvalue weighted by Crippen LogP contribution is -2.32. The quantitative estimate of drug-likeness (QED) is 0.631. The molecule has 5 nitrogen and oxygen atoms in total. The molecule has 0 aliphatic carbocycles. The molecule has 3 aromatic rings. The van der Waals surface area contributed by atoms with Gasteiger partial charge in [0.15, 0.2) is 11.5 Å². The molecule has 1 amide bonds. The number of halogens is 3. The van der Waals surface area contributed by atoms with E-state index in [1.807, 2.05) is 42.6 Å². The fourth-order valence-electron chi connectivity index (χ4n) is 3.00. The summed E-state index contributed by atoms with van der Waals surface area (Å²) in [5.74, 6) is 0.310. The van der Waals surface area contributed by atoms with E-state index in [9.17, 15) is 18.0 Å². The van der Waals surface area contributed by atoms with Crippen molar-refractivity contribution in [1.82, 2.24) is 19.9 Å². The maximum atomic E-state index is 12.7. The number of alkyl halides is 3. The number of amides is 1. The molecule has 0 bridgehead atoms.